The molecule has 0 spiro atoms. The summed E-state index contributed by atoms with van der Waals surface area (Å²) in [6.07, 6.45) is 2.03. The summed E-state index contributed by atoms with van der Waals surface area (Å²) in [5.41, 5.74) is 0. The van der Waals surface area contributed by atoms with Gasteiger partial charge in [-0.05, 0) is 37.2 Å². The van der Waals surface area contributed by atoms with Crippen molar-refractivity contribution in [3.05, 3.63) is 39.3 Å². The smallest absolute Gasteiger partial charge is 0.155 e. The molecule has 2 rings (SSSR count). The van der Waals surface area contributed by atoms with Crippen LogP contribution in [0.3, 0.4) is 0 Å². The third-order valence-corrected chi connectivity index (χ3v) is 4.01. The molecule has 0 aliphatic carbocycles. The van der Waals surface area contributed by atoms with Crippen molar-refractivity contribution in [1.82, 2.24) is 15.5 Å². The molecule has 1 heterocycles. The molecule has 4 nitrogen and oxygen atoms in total. The van der Waals surface area contributed by atoms with Crippen molar-refractivity contribution < 1.29 is 4.74 Å². The molecule has 0 aliphatic heterocycles. The van der Waals surface area contributed by atoms with Crippen LogP contribution in [0.4, 0.5) is 0 Å². The average molecular weight is 326 g/mol. The predicted molar refractivity (Wildman–Crippen MR) is 87.2 cm³/mol. The van der Waals surface area contributed by atoms with Gasteiger partial charge < -0.3 is 10.1 Å². The van der Waals surface area contributed by atoms with Gasteiger partial charge in [0.05, 0.1) is 0 Å². The Bertz CT molecular complexity index is 542. The number of aromatic nitrogens is 2. The van der Waals surface area contributed by atoms with Gasteiger partial charge in [0.1, 0.15) is 17.4 Å². The lowest BCUT2D eigenvalue weighted by Crippen LogP contribution is -2.23. The van der Waals surface area contributed by atoms with E-state index in [1.807, 2.05) is 24.3 Å². The SMILES string of the molecule is CC(C)NCCCc1nnc(COc2ccc(Cl)cc2)s1. The monoisotopic (exact) mass is 325 g/mol. The fourth-order valence-corrected chi connectivity index (χ4v) is 2.68. The number of benzene rings is 1. The first-order chi connectivity index (χ1) is 10.1. The van der Waals surface area contributed by atoms with Gasteiger partial charge in [0, 0.05) is 17.5 Å². The number of aryl methyl sites for hydroxylation is 1. The minimum atomic E-state index is 0.448. The van der Waals surface area contributed by atoms with Gasteiger partial charge in [-0.2, -0.15) is 0 Å². The largest absolute Gasteiger partial charge is 0.486 e. The maximum Gasteiger partial charge on any atom is 0.155 e. The van der Waals surface area contributed by atoms with Crippen molar-refractivity contribution in [1.29, 1.82) is 0 Å². The molecule has 1 aromatic carbocycles. The second-order valence-electron chi connectivity index (χ2n) is 5.04. The first kappa shape index (κ1) is 16.2. The third-order valence-electron chi connectivity index (χ3n) is 2.80. The molecule has 2 aromatic rings. The Morgan fingerprint density at radius 3 is 2.62 bits per heavy atom. The summed E-state index contributed by atoms with van der Waals surface area (Å²) >= 11 is 7.44. The lowest BCUT2D eigenvalue weighted by Gasteiger charge is -2.05. The van der Waals surface area contributed by atoms with Crippen LogP contribution in [0.15, 0.2) is 24.3 Å². The van der Waals surface area contributed by atoms with Crippen molar-refractivity contribution in [2.45, 2.75) is 39.3 Å². The Labute approximate surface area is 134 Å². The summed E-state index contributed by atoms with van der Waals surface area (Å²) in [5, 5.41) is 14.4. The Morgan fingerprint density at radius 2 is 1.90 bits per heavy atom. The van der Waals surface area contributed by atoms with E-state index in [2.05, 4.69) is 29.4 Å². The van der Waals surface area contributed by atoms with Crippen molar-refractivity contribution in [2.24, 2.45) is 0 Å². The van der Waals surface area contributed by atoms with Gasteiger partial charge in [-0.25, -0.2) is 0 Å². The average Bonchev–Trinajstić information content (AvgIpc) is 2.91. The number of hydrogen-bond donors (Lipinski definition) is 1. The quantitative estimate of drug-likeness (QED) is 0.752. The highest BCUT2D eigenvalue weighted by atomic mass is 35.5. The summed E-state index contributed by atoms with van der Waals surface area (Å²) in [4.78, 5) is 0. The Hall–Kier alpha value is -1.17. The molecule has 0 saturated heterocycles. The van der Waals surface area contributed by atoms with Crippen molar-refractivity contribution in [2.75, 3.05) is 6.54 Å². The highest BCUT2D eigenvalue weighted by Gasteiger charge is 2.05. The zero-order valence-electron chi connectivity index (χ0n) is 12.3. The van der Waals surface area contributed by atoms with Crippen LogP contribution in [0.2, 0.25) is 5.02 Å². The fourth-order valence-electron chi connectivity index (χ4n) is 1.75. The van der Waals surface area contributed by atoms with E-state index in [0.29, 0.717) is 17.7 Å². The Balaban J connectivity index is 1.73. The molecule has 0 saturated carbocycles. The molecule has 0 radical (unpaired) electrons. The first-order valence-electron chi connectivity index (χ1n) is 7.06. The number of nitrogens with one attached hydrogen (secondary N) is 1. The molecule has 21 heavy (non-hydrogen) atoms. The number of halogens is 1. The summed E-state index contributed by atoms with van der Waals surface area (Å²) in [6, 6.07) is 7.85. The normalized spacial score (nSPS) is 11.0. The lowest BCUT2D eigenvalue weighted by atomic mass is 10.3. The molecule has 114 valence electrons. The van der Waals surface area contributed by atoms with Crippen LogP contribution in [0.5, 0.6) is 5.75 Å². The Morgan fingerprint density at radius 1 is 1.19 bits per heavy atom. The minimum Gasteiger partial charge on any atom is -0.486 e. The van der Waals surface area contributed by atoms with E-state index in [0.717, 1.165) is 35.2 Å². The van der Waals surface area contributed by atoms with Gasteiger partial charge in [-0.15, -0.1) is 10.2 Å². The lowest BCUT2D eigenvalue weighted by molar-refractivity contribution is 0.304. The summed E-state index contributed by atoms with van der Waals surface area (Å²) in [5.74, 6) is 0.789. The number of hydrogen-bond acceptors (Lipinski definition) is 5. The molecule has 0 aliphatic rings. The summed E-state index contributed by atoms with van der Waals surface area (Å²) in [6.45, 7) is 5.76. The zero-order valence-corrected chi connectivity index (χ0v) is 13.9. The first-order valence-corrected chi connectivity index (χ1v) is 8.26. The topological polar surface area (TPSA) is 47.0 Å². The van der Waals surface area contributed by atoms with E-state index in [1.54, 1.807) is 11.3 Å². The molecule has 0 atom stereocenters. The molecule has 0 fully saturated rings. The molecule has 1 N–H and O–H groups in total. The van der Waals surface area contributed by atoms with Gasteiger partial charge in [-0.1, -0.05) is 36.8 Å². The maximum atomic E-state index is 5.83. The van der Waals surface area contributed by atoms with Crippen molar-refractivity contribution in [3.63, 3.8) is 0 Å². The summed E-state index contributed by atoms with van der Waals surface area (Å²) in [7, 11) is 0. The number of nitrogens with zero attached hydrogens (tertiary/aromatic N) is 2. The van der Waals surface area contributed by atoms with Crippen LogP contribution in [0.25, 0.3) is 0 Å². The third kappa shape index (κ3) is 5.99. The highest BCUT2D eigenvalue weighted by Crippen LogP contribution is 2.18. The van der Waals surface area contributed by atoms with Crippen LogP contribution in [-0.4, -0.2) is 22.8 Å². The van der Waals surface area contributed by atoms with E-state index in [9.17, 15) is 0 Å². The van der Waals surface area contributed by atoms with E-state index < -0.39 is 0 Å². The van der Waals surface area contributed by atoms with Crippen LogP contribution in [0, 0.1) is 0 Å². The molecule has 0 amide bonds. The van der Waals surface area contributed by atoms with Gasteiger partial charge >= 0.3 is 0 Å². The molecular formula is C15H20ClN3OS. The standard InChI is InChI=1S/C15H20ClN3OS/c1-11(2)17-9-3-4-14-18-19-15(21-14)10-20-13-7-5-12(16)6-8-13/h5-8,11,17H,3-4,9-10H2,1-2H3. The zero-order chi connectivity index (χ0) is 15.1. The molecule has 0 bridgehead atoms. The van der Waals surface area contributed by atoms with Crippen LogP contribution in [-0.2, 0) is 13.0 Å². The Kier molecular flexibility index (Phi) is 6.42. The van der Waals surface area contributed by atoms with E-state index in [4.69, 9.17) is 16.3 Å². The highest BCUT2D eigenvalue weighted by molar-refractivity contribution is 7.11. The molecule has 6 heteroatoms. The fraction of sp³-hybridized carbons (Fsp3) is 0.467. The van der Waals surface area contributed by atoms with Crippen LogP contribution >= 0.6 is 22.9 Å². The summed E-state index contributed by atoms with van der Waals surface area (Å²) < 4.78 is 5.65. The second kappa shape index (κ2) is 8.32. The van der Waals surface area contributed by atoms with E-state index in [1.165, 1.54) is 0 Å². The minimum absolute atomic E-state index is 0.448. The van der Waals surface area contributed by atoms with Crippen molar-refractivity contribution in [3.8, 4) is 5.75 Å². The maximum absolute atomic E-state index is 5.83. The predicted octanol–water partition coefficient (Wildman–Crippen LogP) is 3.70. The van der Waals surface area contributed by atoms with Gasteiger partial charge in [-0.3, -0.25) is 0 Å². The van der Waals surface area contributed by atoms with Gasteiger partial charge in [0.25, 0.3) is 0 Å². The van der Waals surface area contributed by atoms with E-state index in [-0.39, 0.29) is 0 Å². The van der Waals surface area contributed by atoms with Crippen LogP contribution in [0.1, 0.15) is 30.3 Å². The molecule has 0 unspecified atom stereocenters. The van der Waals surface area contributed by atoms with Crippen LogP contribution < -0.4 is 10.1 Å². The molecular weight excluding hydrogens is 306 g/mol. The van der Waals surface area contributed by atoms with Gasteiger partial charge in [0.15, 0.2) is 5.01 Å². The van der Waals surface area contributed by atoms with E-state index >= 15 is 0 Å². The van der Waals surface area contributed by atoms with Crippen molar-refractivity contribution >= 4 is 22.9 Å². The van der Waals surface area contributed by atoms with Gasteiger partial charge in [0.2, 0.25) is 0 Å². The number of ether oxygens (including phenoxy) is 1. The second-order valence-corrected chi connectivity index (χ2v) is 6.63. The number of rotatable bonds is 8. The molecule has 1 aromatic heterocycles.